The van der Waals surface area contributed by atoms with Crippen molar-refractivity contribution in [2.75, 3.05) is 0 Å². The van der Waals surface area contributed by atoms with Gasteiger partial charge in [0.2, 0.25) is 0 Å². The van der Waals surface area contributed by atoms with Crippen LogP contribution in [-0.2, 0) is 6.42 Å². The van der Waals surface area contributed by atoms with E-state index in [1.54, 1.807) is 0 Å². The third kappa shape index (κ3) is 3.50. The van der Waals surface area contributed by atoms with Gasteiger partial charge in [-0.3, -0.25) is 0 Å². The van der Waals surface area contributed by atoms with Crippen molar-refractivity contribution in [3.05, 3.63) is 118 Å². The third-order valence-corrected chi connectivity index (χ3v) is 6.97. The summed E-state index contributed by atoms with van der Waals surface area (Å²) in [6.07, 6.45) is 0.968. The molecule has 0 saturated heterocycles. The van der Waals surface area contributed by atoms with Gasteiger partial charge in [-0.15, -0.1) is 0 Å². The normalized spacial score (nSPS) is 11.4. The van der Waals surface area contributed by atoms with E-state index in [0.29, 0.717) is 0 Å². The summed E-state index contributed by atoms with van der Waals surface area (Å²) in [5, 5.41) is 5.43. The van der Waals surface area contributed by atoms with Crippen LogP contribution in [0, 0.1) is 34.6 Å². The molecule has 5 rings (SSSR count). The first kappa shape index (κ1) is 20.5. The molecule has 0 radical (unpaired) electrons. The molecule has 0 aromatic heterocycles. The lowest BCUT2D eigenvalue weighted by Gasteiger charge is -2.17. The van der Waals surface area contributed by atoms with E-state index >= 15 is 0 Å². The van der Waals surface area contributed by atoms with Gasteiger partial charge in [-0.1, -0.05) is 84.4 Å². The van der Waals surface area contributed by atoms with E-state index in [9.17, 15) is 0 Å². The maximum Gasteiger partial charge on any atom is -0.00254 e. The molecular formula is C32H30. The number of aryl methyl sites for hydroxylation is 5. The first-order valence-corrected chi connectivity index (χ1v) is 11.5. The van der Waals surface area contributed by atoms with Crippen LogP contribution in [0.1, 0.15) is 38.9 Å². The first-order valence-electron chi connectivity index (χ1n) is 11.5. The molecule has 0 heteroatoms. The van der Waals surface area contributed by atoms with Gasteiger partial charge in [0.25, 0.3) is 0 Å². The molecule has 0 nitrogen and oxygen atoms in total. The minimum absolute atomic E-state index is 0.968. The second kappa shape index (κ2) is 7.95. The van der Waals surface area contributed by atoms with Crippen LogP contribution < -0.4 is 0 Å². The Morgan fingerprint density at radius 1 is 0.469 bits per heavy atom. The predicted octanol–water partition coefficient (Wildman–Crippen LogP) is 8.79. The van der Waals surface area contributed by atoms with Gasteiger partial charge < -0.3 is 0 Å². The van der Waals surface area contributed by atoms with Gasteiger partial charge in [0.1, 0.15) is 0 Å². The van der Waals surface area contributed by atoms with Crippen LogP contribution in [0.15, 0.2) is 78.9 Å². The van der Waals surface area contributed by atoms with Crippen LogP contribution in [0.4, 0.5) is 0 Å². The highest BCUT2D eigenvalue weighted by Crippen LogP contribution is 2.37. The zero-order chi connectivity index (χ0) is 22.4. The molecular weight excluding hydrogens is 384 g/mol. The van der Waals surface area contributed by atoms with E-state index in [-0.39, 0.29) is 0 Å². The average molecular weight is 415 g/mol. The minimum Gasteiger partial charge on any atom is -0.0617 e. The van der Waals surface area contributed by atoms with Crippen molar-refractivity contribution in [3.8, 4) is 11.1 Å². The van der Waals surface area contributed by atoms with Crippen molar-refractivity contribution >= 4 is 21.5 Å². The van der Waals surface area contributed by atoms with Gasteiger partial charge in [0, 0.05) is 0 Å². The molecule has 0 aliphatic rings. The molecule has 0 heterocycles. The van der Waals surface area contributed by atoms with Crippen LogP contribution in [0.3, 0.4) is 0 Å². The van der Waals surface area contributed by atoms with Crippen molar-refractivity contribution in [1.82, 2.24) is 0 Å². The maximum absolute atomic E-state index is 2.41. The smallest absolute Gasteiger partial charge is 0.00254 e. The van der Waals surface area contributed by atoms with Crippen LogP contribution >= 0.6 is 0 Å². The number of benzene rings is 5. The van der Waals surface area contributed by atoms with E-state index in [1.165, 1.54) is 71.6 Å². The summed E-state index contributed by atoms with van der Waals surface area (Å²) in [5.74, 6) is 0. The van der Waals surface area contributed by atoms with Crippen molar-refractivity contribution in [2.24, 2.45) is 0 Å². The largest absolute Gasteiger partial charge is 0.0617 e. The second-order valence-electron chi connectivity index (χ2n) is 9.32. The lowest BCUT2D eigenvalue weighted by Crippen LogP contribution is -1.95. The highest BCUT2D eigenvalue weighted by atomic mass is 14.2. The molecule has 0 bridgehead atoms. The quantitative estimate of drug-likeness (QED) is 0.277. The monoisotopic (exact) mass is 414 g/mol. The third-order valence-electron chi connectivity index (χ3n) is 6.97. The average Bonchev–Trinajstić information content (AvgIpc) is 2.77. The predicted molar refractivity (Wildman–Crippen MR) is 140 cm³/mol. The number of rotatable bonds is 3. The molecule has 0 unspecified atom stereocenters. The molecule has 0 aliphatic carbocycles. The highest BCUT2D eigenvalue weighted by Gasteiger charge is 2.13. The van der Waals surface area contributed by atoms with Gasteiger partial charge >= 0.3 is 0 Å². The molecule has 0 fully saturated rings. The molecule has 0 saturated carbocycles. The molecule has 32 heavy (non-hydrogen) atoms. The highest BCUT2D eigenvalue weighted by molar-refractivity contribution is 5.98. The Hall–Kier alpha value is -3.38. The Balaban J connectivity index is 1.68. The molecule has 0 spiro atoms. The SMILES string of the molecule is Cc1cccc(Cc2cc(C)c3ccc(-c4cc(C)c5ccccc5c4C)c(C)c3c2)c1. The summed E-state index contributed by atoms with van der Waals surface area (Å²) in [6, 6.07) is 29.4. The van der Waals surface area contributed by atoms with Crippen molar-refractivity contribution in [1.29, 1.82) is 0 Å². The van der Waals surface area contributed by atoms with Crippen molar-refractivity contribution in [2.45, 2.75) is 41.0 Å². The van der Waals surface area contributed by atoms with E-state index in [1.807, 2.05) is 0 Å². The van der Waals surface area contributed by atoms with Gasteiger partial charge in [-0.2, -0.15) is 0 Å². The number of hydrogen-bond acceptors (Lipinski definition) is 0. The Bertz CT molecular complexity index is 1480. The molecule has 0 N–H and O–H groups in total. The second-order valence-corrected chi connectivity index (χ2v) is 9.32. The van der Waals surface area contributed by atoms with Crippen molar-refractivity contribution in [3.63, 3.8) is 0 Å². The summed E-state index contributed by atoms with van der Waals surface area (Å²) in [6.45, 7) is 11.2. The molecule has 5 aromatic rings. The zero-order valence-corrected chi connectivity index (χ0v) is 19.7. The minimum atomic E-state index is 0.968. The Kier molecular flexibility index (Phi) is 5.10. The topological polar surface area (TPSA) is 0 Å². The van der Waals surface area contributed by atoms with Crippen LogP contribution in [0.25, 0.3) is 32.7 Å². The van der Waals surface area contributed by atoms with Gasteiger partial charge in [0.15, 0.2) is 0 Å². The molecule has 158 valence electrons. The molecule has 0 amide bonds. The Morgan fingerprint density at radius 3 is 1.94 bits per heavy atom. The zero-order valence-electron chi connectivity index (χ0n) is 19.7. The molecule has 5 aromatic carbocycles. The van der Waals surface area contributed by atoms with Crippen LogP contribution in [0.2, 0.25) is 0 Å². The van der Waals surface area contributed by atoms with Crippen LogP contribution in [0.5, 0.6) is 0 Å². The maximum atomic E-state index is 2.41. The number of hydrogen-bond donors (Lipinski definition) is 0. The summed E-state index contributed by atoms with van der Waals surface area (Å²) >= 11 is 0. The van der Waals surface area contributed by atoms with Gasteiger partial charge in [-0.25, -0.2) is 0 Å². The summed E-state index contributed by atoms with van der Waals surface area (Å²) < 4.78 is 0. The van der Waals surface area contributed by atoms with Crippen LogP contribution in [-0.4, -0.2) is 0 Å². The Morgan fingerprint density at radius 2 is 1.16 bits per heavy atom. The fraction of sp³-hybridized carbons (Fsp3) is 0.188. The lowest BCUT2D eigenvalue weighted by atomic mass is 9.87. The molecule has 0 atom stereocenters. The van der Waals surface area contributed by atoms with E-state index in [4.69, 9.17) is 0 Å². The standard InChI is InChI=1S/C32H30/c1-20-9-8-10-25(15-20)18-26-16-21(2)28-13-14-30(24(5)32(28)19-26)31-17-22(3)27-11-6-7-12-29(27)23(31)4/h6-17,19H,18H2,1-5H3. The summed E-state index contributed by atoms with van der Waals surface area (Å²) in [4.78, 5) is 0. The van der Waals surface area contributed by atoms with Crippen molar-refractivity contribution < 1.29 is 0 Å². The molecule has 0 aliphatic heterocycles. The van der Waals surface area contributed by atoms with Gasteiger partial charge in [0.05, 0.1) is 0 Å². The fourth-order valence-electron chi connectivity index (χ4n) is 5.27. The first-order chi connectivity index (χ1) is 15.4. The number of fused-ring (bicyclic) bond motifs is 2. The van der Waals surface area contributed by atoms with E-state index < -0.39 is 0 Å². The lowest BCUT2D eigenvalue weighted by molar-refractivity contribution is 1.18. The van der Waals surface area contributed by atoms with Gasteiger partial charge in [-0.05, 0) is 107 Å². The van der Waals surface area contributed by atoms with E-state index in [0.717, 1.165) is 6.42 Å². The Labute approximate surface area is 191 Å². The fourth-order valence-corrected chi connectivity index (χ4v) is 5.27. The van der Waals surface area contributed by atoms with E-state index in [2.05, 4.69) is 113 Å². The summed E-state index contributed by atoms with van der Waals surface area (Å²) in [5.41, 5.74) is 12.2. The summed E-state index contributed by atoms with van der Waals surface area (Å²) in [7, 11) is 0.